The fourth-order valence-corrected chi connectivity index (χ4v) is 7.25. The number of hydrogen-bond acceptors (Lipinski definition) is 0. The van der Waals surface area contributed by atoms with E-state index >= 15 is 0 Å². The maximum absolute atomic E-state index is 9.92. The number of rotatable bonds is 1. The van der Waals surface area contributed by atoms with E-state index in [0.717, 1.165) is 32.3 Å². The van der Waals surface area contributed by atoms with Crippen LogP contribution in [0.15, 0.2) is 157 Å². The summed E-state index contributed by atoms with van der Waals surface area (Å²) in [4.78, 5) is 0. The average Bonchev–Trinajstić information content (AvgIpc) is 3.69. The highest BCUT2D eigenvalue weighted by Gasteiger charge is 2.51. The van der Waals surface area contributed by atoms with Crippen molar-refractivity contribution >= 4 is 32.3 Å². The molecule has 0 N–H and O–H groups in total. The monoisotopic (exact) mass is 556 g/mol. The smallest absolute Gasteiger partial charge is 0.0619 e. The Kier molecular flexibility index (Phi) is 2.64. The summed E-state index contributed by atoms with van der Waals surface area (Å²) in [6.07, 6.45) is 0. The molecule has 2 aliphatic rings. The van der Waals surface area contributed by atoms with Crippen LogP contribution in [-0.2, 0) is 5.41 Å². The maximum atomic E-state index is 9.92. The van der Waals surface area contributed by atoms with Crippen LogP contribution in [0.4, 0.5) is 0 Å². The molecule has 2 aliphatic carbocycles. The molecule has 1 spiro atoms. The quantitative estimate of drug-likeness (QED) is 0.176. The lowest BCUT2D eigenvalue weighted by Gasteiger charge is -2.30. The van der Waals surface area contributed by atoms with E-state index in [9.17, 15) is 9.60 Å². The summed E-state index contributed by atoms with van der Waals surface area (Å²) in [5, 5.41) is 5.72. The van der Waals surface area contributed by atoms with E-state index < -0.39 is 84.0 Å². The van der Waals surface area contributed by atoms with Crippen LogP contribution in [0.5, 0.6) is 0 Å². The van der Waals surface area contributed by atoms with Crippen molar-refractivity contribution in [3.05, 3.63) is 180 Å². The number of benzene rings is 8. The van der Waals surface area contributed by atoms with Crippen molar-refractivity contribution in [3.63, 3.8) is 0 Å². The number of hydrogen-bond donors (Lipinski definition) is 0. The van der Waals surface area contributed by atoms with E-state index in [4.69, 9.17) is 9.60 Å². The van der Waals surface area contributed by atoms with E-state index in [-0.39, 0.29) is 56.1 Å². The van der Waals surface area contributed by atoms with Gasteiger partial charge in [-0.3, -0.25) is 0 Å². The van der Waals surface area contributed by atoms with E-state index in [0.29, 0.717) is 5.56 Å². The summed E-state index contributed by atoms with van der Waals surface area (Å²) in [7, 11) is 0. The molecule has 198 valence electrons. The lowest BCUT2D eigenvalue weighted by molar-refractivity contribution is 0.794. The molecule has 10 rings (SSSR count). The topological polar surface area (TPSA) is 0 Å². The first-order chi connectivity index (χ1) is 27.2. The highest BCUT2D eigenvalue weighted by Crippen LogP contribution is 2.62. The predicted octanol–water partition coefficient (Wildman–Crippen LogP) is 11.2. The van der Waals surface area contributed by atoms with Crippen molar-refractivity contribution in [2.24, 2.45) is 0 Å². The van der Waals surface area contributed by atoms with Crippen molar-refractivity contribution in [3.8, 4) is 33.4 Å². The zero-order valence-electron chi connectivity index (χ0n) is 36.4. The molecule has 0 amide bonds. The van der Waals surface area contributed by atoms with Gasteiger partial charge in [0.25, 0.3) is 0 Å². The minimum Gasteiger partial charge on any atom is -0.0619 e. The summed E-state index contributed by atoms with van der Waals surface area (Å²) < 4.78 is 128. The second kappa shape index (κ2) is 8.31. The van der Waals surface area contributed by atoms with Crippen LogP contribution >= 0.6 is 0 Å². The third kappa shape index (κ3) is 2.86. The van der Waals surface area contributed by atoms with Gasteiger partial charge in [0, 0.05) is 0 Å². The molecule has 8 aromatic carbocycles. The summed E-state index contributed by atoms with van der Waals surface area (Å²) in [6, 6.07) is 14.8. The molecule has 1 unspecified atom stereocenters. The molecule has 1 atom stereocenters. The lowest BCUT2D eigenvalue weighted by Crippen LogP contribution is -2.25. The van der Waals surface area contributed by atoms with Gasteiger partial charge in [0.15, 0.2) is 0 Å². The highest BCUT2D eigenvalue weighted by atomic mass is 14.5. The minimum absolute atomic E-state index is 0.00972. The predicted molar refractivity (Wildman–Crippen MR) is 181 cm³/mol. The van der Waals surface area contributed by atoms with E-state index in [2.05, 4.69) is 0 Å². The van der Waals surface area contributed by atoms with Crippen molar-refractivity contribution in [1.82, 2.24) is 0 Å². The Morgan fingerprint density at radius 3 is 1.56 bits per heavy atom. The Balaban J connectivity index is 1.42. The van der Waals surface area contributed by atoms with Crippen LogP contribution < -0.4 is 0 Å². The molecule has 0 bridgehead atoms. The van der Waals surface area contributed by atoms with Crippen LogP contribution in [0.3, 0.4) is 0 Å². The molecule has 0 radical (unpaired) electrons. The third-order valence-electron chi connectivity index (χ3n) is 8.99. The second-order valence-corrected chi connectivity index (χ2v) is 10.9. The van der Waals surface area contributed by atoms with Crippen molar-refractivity contribution in [1.29, 1.82) is 0 Å². The SMILES string of the molecule is [2H]c1cc2c(c([2H])c1[2H])C1(c3c([2H])c([2H])c([2H])c([2H])c3-2)c2c([2H])c([2H])c([2H])c([2H])c2-c2c([2H])c(-c3ccc4c5ccccc5c5ccccc5c4c3)c([2H])c([2H])c21. The van der Waals surface area contributed by atoms with E-state index in [1.54, 1.807) is 6.07 Å². The Labute approximate surface area is 270 Å². The fourth-order valence-electron chi connectivity index (χ4n) is 7.25. The molecule has 8 aromatic rings. The molecule has 0 saturated heterocycles. The van der Waals surface area contributed by atoms with Crippen LogP contribution in [-0.4, -0.2) is 0 Å². The Morgan fingerprint density at radius 2 is 0.884 bits per heavy atom. The van der Waals surface area contributed by atoms with Gasteiger partial charge < -0.3 is 0 Å². The summed E-state index contributed by atoms with van der Waals surface area (Å²) in [6.45, 7) is 0. The van der Waals surface area contributed by atoms with Gasteiger partial charge in [-0.1, -0.05) is 145 Å². The molecule has 0 aliphatic heterocycles. The first-order valence-corrected chi connectivity index (χ1v) is 14.0. The fraction of sp³-hybridized carbons (Fsp3) is 0.0233. The van der Waals surface area contributed by atoms with Gasteiger partial charge in [-0.15, -0.1) is 0 Å². The third-order valence-corrected chi connectivity index (χ3v) is 8.99. The van der Waals surface area contributed by atoms with Crippen LogP contribution in [0.2, 0.25) is 0 Å². The molecule has 0 fully saturated rings. The van der Waals surface area contributed by atoms with Gasteiger partial charge >= 0.3 is 0 Å². The largest absolute Gasteiger partial charge is 0.0725 e. The summed E-state index contributed by atoms with van der Waals surface area (Å²) in [5.74, 6) is 0. The average molecular weight is 557 g/mol. The Hall–Kier alpha value is -5.46. The van der Waals surface area contributed by atoms with Crippen molar-refractivity contribution in [2.75, 3.05) is 0 Å². The molecular formula is C43H26. The van der Waals surface area contributed by atoms with Gasteiger partial charge in [-0.25, -0.2) is 0 Å². The lowest BCUT2D eigenvalue weighted by atomic mass is 9.70. The first-order valence-electron chi connectivity index (χ1n) is 21.0. The van der Waals surface area contributed by atoms with Crippen LogP contribution in [0, 0.1) is 0 Å². The van der Waals surface area contributed by atoms with Gasteiger partial charge in [0.2, 0.25) is 0 Å². The Bertz CT molecular complexity index is 3210. The number of fused-ring (bicyclic) bond motifs is 16. The molecule has 0 nitrogen and oxygen atoms in total. The zero-order valence-corrected chi connectivity index (χ0v) is 22.4. The van der Waals surface area contributed by atoms with Gasteiger partial charge in [0.05, 0.1) is 24.6 Å². The molecule has 0 heteroatoms. The molecule has 43 heavy (non-hydrogen) atoms. The van der Waals surface area contributed by atoms with Crippen molar-refractivity contribution in [2.45, 2.75) is 5.41 Å². The second-order valence-electron chi connectivity index (χ2n) is 10.9. The zero-order chi connectivity index (χ0) is 40.3. The van der Waals surface area contributed by atoms with Gasteiger partial charge in [-0.2, -0.15) is 0 Å². The normalized spacial score (nSPS) is 20.6. The standard InChI is InChI=1S/C43H26/c1-2-13-31-29(11-1)30-12-3-4-14-32(30)37-25-27(21-23-33(31)37)28-22-24-42-38(26-28)36-17-7-10-20-41(36)43(42)39-18-8-5-15-34(39)35-16-6-9-19-40(35)43/h1-26H/i5D,6D,7D,8D,9D,10D,15D,17D,18D,19D,20D,22D,24D,26D. The van der Waals surface area contributed by atoms with Crippen LogP contribution in [0.1, 0.15) is 41.4 Å². The van der Waals surface area contributed by atoms with E-state index in [1.165, 1.54) is 6.07 Å². The molecule has 0 saturated carbocycles. The van der Waals surface area contributed by atoms with Gasteiger partial charge in [-0.05, 0) is 100 Å². The summed E-state index contributed by atoms with van der Waals surface area (Å²) >= 11 is 0. The minimum atomic E-state index is -2.26. The maximum Gasteiger partial charge on any atom is 0.0725 e. The molecule has 0 aromatic heterocycles. The van der Waals surface area contributed by atoms with Gasteiger partial charge in [0.1, 0.15) is 0 Å². The molecule has 0 heterocycles. The molecular weight excluding hydrogens is 516 g/mol. The highest BCUT2D eigenvalue weighted by molar-refractivity contribution is 6.25. The van der Waals surface area contributed by atoms with Crippen molar-refractivity contribution < 1.29 is 19.2 Å². The summed E-state index contributed by atoms with van der Waals surface area (Å²) in [5.41, 5.74) is -3.19. The van der Waals surface area contributed by atoms with Crippen LogP contribution in [0.25, 0.3) is 65.7 Å². The Morgan fingerprint density at radius 1 is 0.372 bits per heavy atom. The van der Waals surface area contributed by atoms with E-state index in [1.807, 2.05) is 60.7 Å². The first kappa shape index (κ1) is 13.7.